The van der Waals surface area contributed by atoms with Crippen molar-refractivity contribution in [2.24, 2.45) is 5.92 Å². The van der Waals surface area contributed by atoms with Crippen LogP contribution in [0.25, 0.3) is 0 Å². The number of aliphatic hydroxyl groups is 1. The molecular formula is C15H23NO. The zero-order chi connectivity index (χ0) is 12.4. The number of nitrogens with zero attached hydrogens (tertiary/aromatic N) is 1. The van der Waals surface area contributed by atoms with E-state index in [4.69, 9.17) is 0 Å². The molecule has 2 unspecified atom stereocenters. The minimum absolute atomic E-state index is 0.107. The van der Waals surface area contributed by atoms with Gasteiger partial charge < -0.3 is 5.11 Å². The van der Waals surface area contributed by atoms with Gasteiger partial charge in [-0.1, -0.05) is 30.7 Å². The third kappa shape index (κ3) is 3.08. The molecule has 1 heterocycles. The van der Waals surface area contributed by atoms with Crippen molar-refractivity contribution in [3.8, 4) is 0 Å². The van der Waals surface area contributed by atoms with E-state index in [0.717, 1.165) is 26.1 Å². The summed E-state index contributed by atoms with van der Waals surface area (Å²) in [4.78, 5) is 2.46. The van der Waals surface area contributed by atoms with E-state index < -0.39 is 0 Å². The van der Waals surface area contributed by atoms with Gasteiger partial charge in [0.25, 0.3) is 0 Å². The number of aryl methyl sites for hydroxylation is 2. The van der Waals surface area contributed by atoms with Crippen LogP contribution in [0.2, 0.25) is 0 Å². The Labute approximate surface area is 104 Å². The molecule has 0 bridgehead atoms. The van der Waals surface area contributed by atoms with E-state index in [9.17, 15) is 5.11 Å². The molecule has 0 spiro atoms. The van der Waals surface area contributed by atoms with Crippen LogP contribution in [0.15, 0.2) is 18.2 Å². The molecule has 1 aromatic rings. The highest BCUT2D eigenvalue weighted by molar-refractivity contribution is 5.30. The average Bonchev–Trinajstić information content (AvgIpc) is 2.29. The summed E-state index contributed by atoms with van der Waals surface area (Å²) in [6.07, 6.45) is 0.802. The Morgan fingerprint density at radius 2 is 2.12 bits per heavy atom. The van der Waals surface area contributed by atoms with E-state index in [1.807, 2.05) is 0 Å². The number of rotatable bonds is 2. The Hall–Kier alpha value is -0.860. The summed E-state index contributed by atoms with van der Waals surface area (Å²) in [6, 6.07) is 6.65. The number of piperidine rings is 1. The Kier molecular flexibility index (Phi) is 3.85. The monoisotopic (exact) mass is 233 g/mol. The minimum atomic E-state index is -0.107. The minimum Gasteiger partial charge on any atom is -0.393 e. The van der Waals surface area contributed by atoms with Gasteiger partial charge in [-0.3, -0.25) is 4.90 Å². The molecule has 0 aromatic heterocycles. The van der Waals surface area contributed by atoms with E-state index >= 15 is 0 Å². The smallest absolute Gasteiger partial charge is 0.0590 e. The molecular weight excluding hydrogens is 210 g/mol. The van der Waals surface area contributed by atoms with Gasteiger partial charge in [-0.15, -0.1) is 0 Å². The Balaban J connectivity index is 2.03. The van der Waals surface area contributed by atoms with Gasteiger partial charge in [0.05, 0.1) is 6.10 Å². The molecule has 0 saturated carbocycles. The van der Waals surface area contributed by atoms with Crippen molar-refractivity contribution in [1.29, 1.82) is 0 Å². The van der Waals surface area contributed by atoms with E-state index in [0.29, 0.717) is 5.92 Å². The molecule has 1 aliphatic heterocycles. The van der Waals surface area contributed by atoms with Crippen LogP contribution in [0.1, 0.15) is 30.0 Å². The highest BCUT2D eigenvalue weighted by Crippen LogP contribution is 2.20. The Bertz CT molecular complexity index is 389. The van der Waals surface area contributed by atoms with Gasteiger partial charge in [-0.25, -0.2) is 0 Å². The molecule has 0 radical (unpaired) electrons. The predicted molar refractivity (Wildman–Crippen MR) is 71.0 cm³/mol. The fraction of sp³-hybridized carbons (Fsp3) is 0.600. The summed E-state index contributed by atoms with van der Waals surface area (Å²) >= 11 is 0. The third-order valence-electron chi connectivity index (χ3n) is 3.84. The molecule has 2 nitrogen and oxygen atoms in total. The van der Waals surface area contributed by atoms with Gasteiger partial charge in [-0.2, -0.15) is 0 Å². The first-order valence-electron chi connectivity index (χ1n) is 6.53. The van der Waals surface area contributed by atoms with Gasteiger partial charge >= 0.3 is 0 Å². The molecule has 1 aromatic carbocycles. The maximum atomic E-state index is 9.73. The summed E-state index contributed by atoms with van der Waals surface area (Å²) in [6.45, 7) is 9.50. The zero-order valence-electron chi connectivity index (χ0n) is 11.1. The maximum Gasteiger partial charge on any atom is 0.0590 e. The second-order valence-corrected chi connectivity index (χ2v) is 5.50. The standard InChI is InChI=1S/C15H23NO/c1-11-4-5-12(2)14(8-11)10-16-7-6-15(17)13(3)9-16/h4-5,8,13,15,17H,6-7,9-10H2,1-3H3. The van der Waals surface area contributed by atoms with Crippen LogP contribution in [-0.4, -0.2) is 29.2 Å². The fourth-order valence-corrected chi connectivity index (χ4v) is 2.57. The van der Waals surface area contributed by atoms with Crippen LogP contribution in [0.4, 0.5) is 0 Å². The lowest BCUT2D eigenvalue weighted by Crippen LogP contribution is -2.41. The molecule has 1 fully saturated rings. The van der Waals surface area contributed by atoms with Crippen LogP contribution < -0.4 is 0 Å². The first-order valence-corrected chi connectivity index (χ1v) is 6.53. The molecule has 2 heteroatoms. The van der Waals surface area contributed by atoms with Crippen molar-refractivity contribution in [1.82, 2.24) is 4.90 Å². The Morgan fingerprint density at radius 1 is 1.35 bits per heavy atom. The topological polar surface area (TPSA) is 23.5 Å². The summed E-state index contributed by atoms with van der Waals surface area (Å²) in [7, 11) is 0. The lowest BCUT2D eigenvalue weighted by Gasteiger charge is -2.34. The van der Waals surface area contributed by atoms with Crippen molar-refractivity contribution in [3.05, 3.63) is 34.9 Å². The first-order chi connectivity index (χ1) is 8.06. The number of likely N-dealkylation sites (tertiary alicyclic amines) is 1. The third-order valence-corrected chi connectivity index (χ3v) is 3.84. The number of benzene rings is 1. The SMILES string of the molecule is Cc1ccc(C)c(CN2CCC(O)C(C)C2)c1. The second-order valence-electron chi connectivity index (χ2n) is 5.50. The molecule has 1 aliphatic rings. The summed E-state index contributed by atoms with van der Waals surface area (Å²) in [5.74, 6) is 0.397. The lowest BCUT2D eigenvalue weighted by molar-refractivity contribution is 0.0319. The van der Waals surface area contributed by atoms with Crippen LogP contribution >= 0.6 is 0 Å². The van der Waals surface area contributed by atoms with Crippen LogP contribution in [0.3, 0.4) is 0 Å². The van der Waals surface area contributed by atoms with Gasteiger partial charge in [0, 0.05) is 19.6 Å². The van der Waals surface area contributed by atoms with E-state index in [2.05, 4.69) is 43.9 Å². The zero-order valence-corrected chi connectivity index (χ0v) is 11.1. The number of hydrogen-bond acceptors (Lipinski definition) is 2. The van der Waals surface area contributed by atoms with Gasteiger partial charge in [0.2, 0.25) is 0 Å². The Morgan fingerprint density at radius 3 is 2.82 bits per heavy atom. The van der Waals surface area contributed by atoms with Crippen LogP contribution in [0, 0.1) is 19.8 Å². The molecule has 2 rings (SSSR count). The number of hydrogen-bond donors (Lipinski definition) is 1. The maximum absolute atomic E-state index is 9.73. The highest BCUT2D eigenvalue weighted by Gasteiger charge is 2.24. The molecule has 0 aliphatic carbocycles. The van der Waals surface area contributed by atoms with Crippen LogP contribution in [0.5, 0.6) is 0 Å². The summed E-state index contributed by atoms with van der Waals surface area (Å²) < 4.78 is 0. The largest absolute Gasteiger partial charge is 0.393 e. The first kappa shape index (κ1) is 12.6. The van der Waals surface area contributed by atoms with E-state index in [1.165, 1.54) is 16.7 Å². The fourth-order valence-electron chi connectivity index (χ4n) is 2.57. The normalized spacial score (nSPS) is 26.1. The van der Waals surface area contributed by atoms with Gasteiger partial charge in [0.15, 0.2) is 0 Å². The average molecular weight is 233 g/mol. The molecule has 0 amide bonds. The number of aliphatic hydroxyl groups excluding tert-OH is 1. The lowest BCUT2D eigenvalue weighted by atomic mass is 9.96. The second kappa shape index (κ2) is 5.19. The van der Waals surface area contributed by atoms with E-state index in [1.54, 1.807) is 0 Å². The van der Waals surface area contributed by atoms with Crippen molar-refractivity contribution in [2.75, 3.05) is 13.1 Å². The quantitative estimate of drug-likeness (QED) is 0.848. The highest BCUT2D eigenvalue weighted by atomic mass is 16.3. The van der Waals surface area contributed by atoms with Crippen molar-refractivity contribution in [2.45, 2.75) is 39.8 Å². The molecule has 1 N–H and O–H groups in total. The predicted octanol–water partition coefficient (Wildman–Crippen LogP) is 2.51. The molecule has 2 atom stereocenters. The molecule has 94 valence electrons. The summed E-state index contributed by atoms with van der Waals surface area (Å²) in [5, 5.41) is 9.73. The van der Waals surface area contributed by atoms with Gasteiger partial charge in [-0.05, 0) is 37.3 Å². The van der Waals surface area contributed by atoms with Crippen molar-refractivity contribution < 1.29 is 5.11 Å². The van der Waals surface area contributed by atoms with Crippen LogP contribution in [-0.2, 0) is 6.54 Å². The van der Waals surface area contributed by atoms with E-state index in [-0.39, 0.29) is 6.10 Å². The van der Waals surface area contributed by atoms with Gasteiger partial charge in [0.1, 0.15) is 0 Å². The van der Waals surface area contributed by atoms with Crippen molar-refractivity contribution >= 4 is 0 Å². The molecule has 1 saturated heterocycles. The van der Waals surface area contributed by atoms with Crippen molar-refractivity contribution in [3.63, 3.8) is 0 Å². The molecule has 17 heavy (non-hydrogen) atoms. The summed E-state index contributed by atoms with van der Waals surface area (Å²) in [5.41, 5.74) is 4.12.